The van der Waals surface area contributed by atoms with Gasteiger partial charge < -0.3 is 14.6 Å². The first-order valence-electron chi connectivity index (χ1n) is 8.65. The molecule has 0 heterocycles. The second-order valence-corrected chi connectivity index (χ2v) is 7.22. The molecule has 31 heavy (non-hydrogen) atoms. The Morgan fingerprint density at radius 1 is 1.03 bits per heavy atom. The number of phenols is 1. The van der Waals surface area contributed by atoms with Crippen molar-refractivity contribution in [3.05, 3.63) is 64.2 Å². The molecule has 0 aliphatic carbocycles. The summed E-state index contributed by atoms with van der Waals surface area (Å²) in [4.78, 5) is 24.6. The fourth-order valence-electron chi connectivity index (χ4n) is 2.72. The quantitative estimate of drug-likeness (QED) is 0.359. The minimum Gasteiger partial charge on any atom is -0.507 e. The summed E-state index contributed by atoms with van der Waals surface area (Å²) in [6.07, 6.45) is -9.43. The van der Waals surface area contributed by atoms with Crippen molar-refractivity contribution in [1.82, 2.24) is 0 Å². The van der Waals surface area contributed by atoms with E-state index in [2.05, 4.69) is 17.4 Å². The van der Waals surface area contributed by atoms with Crippen molar-refractivity contribution in [1.29, 1.82) is 0 Å². The van der Waals surface area contributed by atoms with E-state index in [0.29, 0.717) is 5.56 Å². The Labute approximate surface area is 179 Å². The number of aromatic hydroxyl groups is 1. The Bertz CT molecular complexity index is 971. The molecule has 168 valence electrons. The molecule has 0 amide bonds. The van der Waals surface area contributed by atoms with E-state index in [-0.39, 0.29) is 11.3 Å². The molecule has 0 aromatic heterocycles. The fourth-order valence-corrected chi connectivity index (χ4v) is 2.92. The maximum Gasteiger partial charge on any atom is 0.432 e. The molecule has 2 rings (SSSR count). The number of aryl methyl sites for hydroxylation is 2. The molecular formula is C20H17F5O5S. The molecule has 0 fully saturated rings. The lowest BCUT2D eigenvalue weighted by Crippen LogP contribution is -2.45. The zero-order valence-electron chi connectivity index (χ0n) is 16.2. The molecule has 0 spiro atoms. The number of carbonyl (C=O) groups is 2. The van der Waals surface area contributed by atoms with Gasteiger partial charge in [0.1, 0.15) is 12.4 Å². The smallest absolute Gasteiger partial charge is 0.432 e. The molecule has 11 heteroatoms. The highest BCUT2D eigenvalue weighted by Crippen LogP contribution is 2.37. The fraction of sp³-hybridized carbons (Fsp3) is 0.300. The van der Waals surface area contributed by atoms with Crippen LogP contribution < -0.4 is 0 Å². The number of carbonyl (C=O) groups excluding carboxylic acids is 2. The van der Waals surface area contributed by atoms with Crippen molar-refractivity contribution in [2.45, 2.75) is 38.0 Å². The number of ether oxygens (including phenoxy) is 2. The second kappa shape index (κ2) is 9.13. The van der Waals surface area contributed by atoms with E-state index in [1.165, 1.54) is 12.1 Å². The van der Waals surface area contributed by atoms with Gasteiger partial charge in [0.05, 0.1) is 11.1 Å². The number of rotatable bonds is 6. The van der Waals surface area contributed by atoms with Crippen LogP contribution in [0.1, 0.15) is 37.4 Å². The first-order chi connectivity index (χ1) is 14.2. The summed E-state index contributed by atoms with van der Waals surface area (Å²) >= 11 is 2.55. The third kappa shape index (κ3) is 6.09. The van der Waals surface area contributed by atoms with Crippen LogP contribution in [0.3, 0.4) is 0 Å². The molecule has 0 aliphatic rings. The first-order valence-corrected chi connectivity index (χ1v) is 9.09. The van der Waals surface area contributed by atoms with E-state index in [1.54, 1.807) is 26.0 Å². The first kappa shape index (κ1) is 24.4. The van der Waals surface area contributed by atoms with Gasteiger partial charge in [-0.1, -0.05) is 23.8 Å². The Hall–Kier alpha value is -2.82. The van der Waals surface area contributed by atoms with Crippen LogP contribution >= 0.6 is 12.6 Å². The lowest BCUT2D eigenvalue weighted by Gasteiger charge is -2.25. The minimum atomic E-state index is -5.60. The maximum atomic E-state index is 13.2. The Morgan fingerprint density at radius 3 is 2.10 bits per heavy atom. The number of benzene rings is 2. The predicted octanol–water partition coefficient (Wildman–Crippen LogP) is 4.98. The highest BCUT2D eigenvalue weighted by molar-refractivity contribution is 7.81. The van der Waals surface area contributed by atoms with Gasteiger partial charge in [-0.05, 0) is 37.6 Å². The van der Waals surface area contributed by atoms with Gasteiger partial charge in [-0.3, -0.25) is 0 Å². The molecule has 2 aromatic rings. The minimum absolute atomic E-state index is 0.116. The average molecular weight is 464 g/mol. The molecule has 2 aromatic carbocycles. The van der Waals surface area contributed by atoms with E-state index >= 15 is 0 Å². The van der Waals surface area contributed by atoms with Crippen LogP contribution in [0, 0.1) is 13.8 Å². The van der Waals surface area contributed by atoms with Gasteiger partial charge in [-0.2, -0.15) is 22.0 Å². The zero-order valence-corrected chi connectivity index (χ0v) is 17.1. The molecule has 5 nitrogen and oxygen atoms in total. The number of alkyl halides is 5. The number of phenolic OH excluding ortho intramolecular Hbond substituents is 1. The zero-order chi connectivity index (χ0) is 23.6. The van der Waals surface area contributed by atoms with Crippen LogP contribution in [0.2, 0.25) is 0 Å². The molecule has 1 atom stereocenters. The molecule has 1 N–H and O–H groups in total. The maximum absolute atomic E-state index is 13.2. The molecule has 0 aliphatic heterocycles. The topological polar surface area (TPSA) is 72.8 Å². The monoisotopic (exact) mass is 464 g/mol. The standard InChI is InChI=1S/C20H17F5O5S/c1-10-7-11(2)15(26)12(8-10)9-29-16(27)13-5-3-4-6-14(13)17(28)30-18(19(21,22)23)20(24,25)31/h3-8,18,26,31H,9H2,1-2H3. The van der Waals surface area contributed by atoms with Crippen molar-refractivity contribution in [3.8, 4) is 5.75 Å². The molecule has 0 radical (unpaired) electrons. The highest BCUT2D eigenvalue weighted by atomic mass is 32.1. The summed E-state index contributed by atoms with van der Waals surface area (Å²) in [5, 5.41) is 5.35. The van der Waals surface area contributed by atoms with Crippen LogP contribution in [-0.2, 0) is 16.1 Å². The van der Waals surface area contributed by atoms with E-state index in [1.807, 2.05) is 0 Å². The van der Waals surface area contributed by atoms with Gasteiger partial charge in [-0.25, -0.2) is 9.59 Å². The van der Waals surface area contributed by atoms with Crippen LogP contribution in [0.5, 0.6) is 5.75 Å². The summed E-state index contributed by atoms with van der Waals surface area (Å²) in [6.45, 7) is 2.97. The van der Waals surface area contributed by atoms with E-state index < -0.39 is 47.2 Å². The van der Waals surface area contributed by atoms with Gasteiger partial charge in [0.2, 0.25) is 0 Å². The van der Waals surface area contributed by atoms with E-state index in [9.17, 15) is 36.6 Å². The van der Waals surface area contributed by atoms with Gasteiger partial charge in [0.25, 0.3) is 6.10 Å². The molecule has 0 bridgehead atoms. The molecule has 0 saturated heterocycles. The van der Waals surface area contributed by atoms with Crippen LogP contribution in [0.15, 0.2) is 36.4 Å². The van der Waals surface area contributed by atoms with E-state index in [4.69, 9.17) is 4.74 Å². The number of halogens is 5. The molecule has 1 unspecified atom stereocenters. The van der Waals surface area contributed by atoms with Crippen molar-refractivity contribution in [3.63, 3.8) is 0 Å². The van der Waals surface area contributed by atoms with Gasteiger partial charge in [0.15, 0.2) is 0 Å². The van der Waals surface area contributed by atoms with Crippen LogP contribution in [-0.4, -0.2) is 34.6 Å². The normalized spacial score (nSPS) is 12.9. The number of esters is 2. The SMILES string of the molecule is Cc1cc(C)c(O)c(COC(=O)c2ccccc2C(=O)OC(C(F)(F)F)C(F)(F)S)c1. The lowest BCUT2D eigenvalue weighted by molar-refractivity contribution is -0.244. The van der Waals surface area contributed by atoms with Gasteiger partial charge in [0, 0.05) is 5.56 Å². The van der Waals surface area contributed by atoms with Crippen molar-refractivity contribution < 1.29 is 46.1 Å². The Balaban J connectivity index is 2.25. The Kier molecular flexibility index (Phi) is 7.20. The average Bonchev–Trinajstić information content (AvgIpc) is 2.65. The number of hydrogen-bond acceptors (Lipinski definition) is 6. The van der Waals surface area contributed by atoms with Crippen molar-refractivity contribution in [2.24, 2.45) is 0 Å². The van der Waals surface area contributed by atoms with Gasteiger partial charge in [-0.15, -0.1) is 12.6 Å². The predicted molar refractivity (Wildman–Crippen MR) is 102 cm³/mol. The van der Waals surface area contributed by atoms with Crippen molar-refractivity contribution in [2.75, 3.05) is 0 Å². The third-order valence-electron chi connectivity index (χ3n) is 4.09. The van der Waals surface area contributed by atoms with Crippen molar-refractivity contribution >= 4 is 24.6 Å². The summed E-state index contributed by atoms with van der Waals surface area (Å²) in [5.74, 6) is -3.06. The number of hydrogen-bond donors (Lipinski definition) is 2. The third-order valence-corrected chi connectivity index (χ3v) is 4.32. The van der Waals surface area contributed by atoms with Gasteiger partial charge >= 0.3 is 23.4 Å². The largest absolute Gasteiger partial charge is 0.507 e. The summed E-state index contributed by atoms with van der Waals surface area (Å²) in [7, 11) is 0. The number of thiol groups is 1. The molecular weight excluding hydrogens is 447 g/mol. The summed E-state index contributed by atoms with van der Waals surface area (Å²) in [5.41, 5.74) is 0.360. The lowest BCUT2D eigenvalue weighted by atomic mass is 10.1. The summed E-state index contributed by atoms with van der Waals surface area (Å²) in [6, 6.07) is 7.72. The molecule has 0 saturated carbocycles. The Morgan fingerprint density at radius 2 is 1.58 bits per heavy atom. The van der Waals surface area contributed by atoms with E-state index in [0.717, 1.165) is 17.7 Å². The van der Waals surface area contributed by atoms with Crippen LogP contribution in [0.4, 0.5) is 22.0 Å². The van der Waals surface area contributed by atoms with Crippen LogP contribution in [0.25, 0.3) is 0 Å². The second-order valence-electron chi connectivity index (χ2n) is 6.63. The summed E-state index contributed by atoms with van der Waals surface area (Å²) < 4.78 is 73.9. The highest BCUT2D eigenvalue weighted by Gasteiger charge is 2.57.